The molecule has 94 valence electrons. The van der Waals surface area contributed by atoms with E-state index < -0.39 is 0 Å². The molecular weight excluding hydrogens is 236 g/mol. The van der Waals surface area contributed by atoms with Gasteiger partial charge in [0.15, 0.2) is 5.82 Å². The molecule has 0 amide bonds. The summed E-state index contributed by atoms with van der Waals surface area (Å²) in [6.07, 6.45) is 1.77. The topological polar surface area (TPSA) is 43.6 Å². The standard InChI is InChI=1S/C15H14N4/c1-12-17-15(14-9-5-6-10-16-14)19(18-12)11-13-7-3-2-4-8-13/h2-10H,11H2,1H3. The first kappa shape index (κ1) is 11.6. The minimum atomic E-state index is 0.702. The lowest BCUT2D eigenvalue weighted by molar-refractivity contribution is 0.684. The second kappa shape index (κ2) is 5.02. The molecule has 0 unspecified atom stereocenters. The Labute approximate surface area is 111 Å². The highest BCUT2D eigenvalue weighted by molar-refractivity contribution is 5.48. The molecule has 0 bridgehead atoms. The minimum Gasteiger partial charge on any atom is -0.253 e. The van der Waals surface area contributed by atoms with Crippen molar-refractivity contribution in [1.82, 2.24) is 19.7 Å². The van der Waals surface area contributed by atoms with Gasteiger partial charge in [0, 0.05) is 6.20 Å². The molecule has 2 aromatic heterocycles. The average molecular weight is 250 g/mol. The van der Waals surface area contributed by atoms with Crippen molar-refractivity contribution in [1.29, 1.82) is 0 Å². The van der Waals surface area contributed by atoms with Crippen molar-refractivity contribution >= 4 is 0 Å². The van der Waals surface area contributed by atoms with E-state index in [9.17, 15) is 0 Å². The zero-order chi connectivity index (χ0) is 13.1. The largest absolute Gasteiger partial charge is 0.253 e. The van der Waals surface area contributed by atoms with Crippen LogP contribution in [0.2, 0.25) is 0 Å². The number of aromatic nitrogens is 4. The Kier molecular flexibility index (Phi) is 3.06. The molecule has 0 spiro atoms. The van der Waals surface area contributed by atoms with Crippen LogP contribution in [0.25, 0.3) is 11.5 Å². The van der Waals surface area contributed by atoms with Crippen molar-refractivity contribution in [2.45, 2.75) is 13.5 Å². The van der Waals surface area contributed by atoms with E-state index in [1.54, 1.807) is 6.20 Å². The maximum absolute atomic E-state index is 4.47. The zero-order valence-corrected chi connectivity index (χ0v) is 10.7. The quantitative estimate of drug-likeness (QED) is 0.717. The summed E-state index contributed by atoms with van der Waals surface area (Å²) in [5, 5.41) is 4.45. The highest BCUT2D eigenvalue weighted by Gasteiger charge is 2.10. The van der Waals surface area contributed by atoms with Gasteiger partial charge in [-0.1, -0.05) is 36.4 Å². The van der Waals surface area contributed by atoms with Crippen LogP contribution in [0.15, 0.2) is 54.7 Å². The number of benzene rings is 1. The summed E-state index contributed by atoms with van der Waals surface area (Å²) in [7, 11) is 0. The van der Waals surface area contributed by atoms with Crippen LogP contribution in [-0.2, 0) is 6.54 Å². The molecule has 3 aromatic rings. The van der Waals surface area contributed by atoms with E-state index in [4.69, 9.17) is 0 Å². The van der Waals surface area contributed by atoms with Gasteiger partial charge >= 0.3 is 0 Å². The van der Waals surface area contributed by atoms with E-state index in [0.29, 0.717) is 6.54 Å². The van der Waals surface area contributed by atoms with Crippen molar-refractivity contribution in [2.75, 3.05) is 0 Å². The summed E-state index contributed by atoms with van der Waals surface area (Å²) in [6.45, 7) is 2.60. The van der Waals surface area contributed by atoms with Crippen molar-refractivity contribution in [3.05, 3.63) is 66.1 Å². The molecular formula is C15H14N4. The van der Waals surface area contributed by atoms with E-state index in [-0.39, 0.29) is 0 Å². The Hall–Kier alpha value is -2.49. The summed E-state index contributed by atoms with van der Waals surface area (Å²) in [6, 6.07) is 16.0. The highest BCUT2D eigenvalue weighted by atomic mass is 15.3. The van der Waals surface area contributed by atoms with Crippen LogP contribution in [0.5, 0.6) is 0 Å². The summed E-state index contributed by atoms with van der Waals surface area (Å²) in [4.78, 5) is 8.81. The van der Waals surface area contributed by atoms with Gasteiger partial charge in [0.05, 0.1) is 6.54 Å². The molecule has 4 heteroatoms. The van der Waals surface area contributed by atoms with Gasteiger partial charge in [0.25, 0.3) is 0 Å². The number of nitrogens with zero attached hydrogens (tertiary/aromatic N) is 4. The summed E-state index contributed by atoms with van der Waals surface area (Å²) >= 11 is 0. The average Bonchev–Trinajstić information content (AvgIpc) is 2.82. The van der Waals surface area contributed by atoms with Gasteiger partial charge in [-0.15, -0.1) is 0 Å². The Morgan fingerprint density at radius 1 is 1.00 bits per heavy atom. The van der Waals surface area contributed by atoms with E-state index in [1.807, 2.05) is 48.0 Å². The third kappa shape index (κ3) is 2.52. The molecule has 2 heterocycles. The molecule has 0 atom stereocenters. The SMILES string of the molecule is Cc1nc(-c2ccccn2)n(Cc2ccccc2)n1. The Bertz CT molecular complexity index is 659. The number of pyridine rings is 1. The maximum atomic E-state index is 4.47. The van der Waals surface area contributed by atoms with Gasteiger partial charge in [0.1, 0.15) is 11.5 Å². The first-order valence-corrected chi connectivity index (χ1v) is 6.20. The first-order valence-electron chi connectivity index (χ1n) is 6.20. The minimum absolute atomic E-state index is 0.702. The fourth-order valence-corrected chi connectivity index (χ4v) is 2.01. The Morgan fingerprint density at radius 2 is 1.79 bits per heavy atom. The molecule has 3 rings (SSSR count). The third-order valence-electron chi connectivity index (χ3n) is 2.85. The van der Waals surface area contributed by atoms with Crippen LogP contribution < -0.4 is 0 Å². The second-order valence-corrected chi connectivity index (χ2v) is 4.34. The number of rotatable bonds is 3. The Morgan fingerprint density at radius 3 is 2.53 bits per heavy atom. The molecule has 1 aromatic carbocycles. The number of aryl methyl sites for hydroxylation is 1. The first-order chi connectivity index (χ1) is 9.33. The summed E-state index contributed by atoms with van der Waals surface area (Å²) < 4.78 is 1.90. The smallest absolute Gasteiger partial charge is 0.177 e. The van der Waals surface area contributed by atoms with Crippen molar-refractivity contribution in [3.63, 3.8) is 0 Å². The molecule has 0 aliphatic heterocycles. The normalized spacial score (nSPS) is 10.6. The van der Waals surface area contributed by atoms with Gasteiger partial charge < -0.3 is 0 Å². The molecule has 4 nitrogen and oxygen atoms in total. The van der Waals surface area contributed by atoms with Crippen molar-refractivity contribution in [3.8, 4) is 11.5 Å². The van der Waals surface area contributed by atoms with Crippen LogP contribution in [0, 0.1) is 6.92 Å². The van der Waals surface area contributed by atoms with Gasteiger partial charge in [-0.3, -0.25) is 4.98 Å². The molecule has 0 aliphatic carbocycles. The van der Waals surface area contributed by atoms with Crippen molar-refractivity contribution in [2.24, 2.45) is 0 Å². The van der Waals surface area contributed by atoms with E-state index in [2.05, 4.69) is 27.2 Å². The van der Waals surface area contributed by atoms with E-state index >= 15 is 0 Å². The van der Waals surface area contributed by atoms with E-state index in [1.165, 1.54) is 5.56 Å². The maximum Gasteiger partial charge on any atom is 0.177 e. The number of hydrogen-bond donors (Lipinski definition) is 0. The predicted molar refractivity (Wildman–Crippen MR) is 73.5 cm³/mol. The molecule has 19 heavy (non-hydrogen) atoms. The van der Waals surface area contributed by atoms with Crippen LogP contribution in [-0.4, -0.2) is 19.7 Å². The van der Waals surface area contributed by atoms with Gasteiger partial charge in [-0.2, -0.15) is 5.10 Å². The number of hydrogen-bond acceptors (Lipinski definition) is 3. The van der Waals surface area contributed by atoms with Crippen LogP contribution in [0.1, 0.15) is 11.4 Å². The van der Waals surface area contributed by atoms with Crippen LogP contribution >= 0.6 is 0 Å². The second-order valence-electron chi connectivity index (χ2n) is 4.34. The highest BCUT2D eigenvalue weighted by Crippen LogP contribution is 2.15. The lowest BCUT2D eigenvalue weighted by atomic mass is 10.2. The lowest BCUT2D eigenvalue weighted by Gasteiger charge is -2.05. The lowest BCUT2D eigenvalue weighted by Crippen LogP contribution is -2.04. The zero-order valence-electron chi connectivity index (χ0n) is 10.7. The van der Waals surface area contributed by atoms with Crippen LogP contribution in [0.4, 0.5) is 0 Å². The molecule has 0 saturated heterocycles. The molecule has 0 fully saturated rings. The Balaban J connectivity index is 1.99. The van der Waals surface area contributed by atoms with Gasteiger partial charge in [-0.25, -0.2) is 9.67 Å². The predicted octanol–water partition coefficient (Wildman–Crippen LogP) is 2.70. The van der Waals surface area contributed by atoms with Crippen molar-refractivity contribution < 1.29 is 0 Å². The van der Waals surface area contributed by atoms with Gasteiger partial charge in [0.2, 0.25) is 0 Å². The molecule has 0 N–H and O–H groups in total. The van der Waals surface area contributed by atoms with E-state index in [0.717, 1.165) is 17.3 Å². The monoisotopic (exact) mass is 250 g/mol. The van der Waals surface area contributed by atoms with Gasteiger partial charge in [-0.05, 0) is 24.6 Å². The molecule has 0 aliphatic rings. The summed E-state index contributed by atoms with van der Waals surface area (Å²) in [5.41, 5.74) is 2.05. The fraction of sp³-hybridized carbons (Fsp3) is 0.133. The molecule has 0 radical (unpaired) electrons. The molecule has 0 saturated carbocycles. The van der Waals surface area contributed by atoms with Crippen LogP contribution in [0.3, 0.4) is 0 Å². The fourth-order valence-electron chi connectivity index (χ4n) is 2.01. The summed E-state index contributed by atoms with van der Waals surface area (Å²) in [5.74, 6) is 1.57. The third-order valence-corrected chi connectivity index (χ3v) is 2.85.